The Kier molecular flexibility index (Phi) is 2.99. The molecule has 1 saturated heterocycles. The van der Waals surface area contributed by atoms with Crippen LogP contribution in [-0.4, -0.2) is 62.8 Å². The Hall–Kier alpha value is -0.240. The van der Waals surface area contributed by atoms with Gasteiger partial charge in [-0.1, -0.05) is 0 Å². The summed E-state index contributed by atoms with van der Waals surface area (Å²) in [6.45, 7) is -0.526. The minimum absolute atomic E-state index is 0.526. The first-order valence-corrected chi connectivity index (χ1v) is 3.56. The first-order chi connectivity index (χ1) is 5.57. The van der Waals surface area contributed by atoms with Crippen molar-refractivity contribution in [1.82, 2.24) is 0 Å². The Balaban J connectivity index is 2.63. The second kappa shape index (κ2) is 3.65. The lowest BCUT2D eigenvalue weighted by Gasteiger charge is -2.37. The van der Waals surface area contributed by atoms with Crippen LogP contribution in [0.3, 0.4) is 0 Å². The fourth-order valence-corrected chi connectivity index (χ4v) is 1.08. The van der Waals surface area contributed by atoms with Crippen LogP contribution in [0, 0.1) is 0 Å². The van der Waals surface area contributed by atoms with Gasteiger partial charge in [0, 0.05) is 0 Å². The van der Waals surface area contributed by atoms with Gasteiger partial charge in [0.1, 0.15) is 24.4 Å². The lowest BCUT2D eigenvalue weighted by atomic mass is 10.0. The van der Waals surface area contributed by atoms with E-state index in [2.05, 4.69) is 4.74 Å². The first-order valence-electron chi connectivity index (χ1n) is 3.56. The Labute approximate surface area is 68.6 Å². The Morgan fingerprint density at radius 3 is 2.00 bits per heavy atom. The zero-order chi connectivity index (χ0) is 9.30. The van der Waals surface area contributed by atoms with Crippen LogP contribution in [-0.2, 0) is 4.74 Å². The van der Waals surface area contributed by atoms with Gasteiger partial charge in [-0.2, -0.15) is 0 Å². The number of aliphatic hydroxyl groups is 5. The highest BCUT2D eigenvalue weighted by atomic mass is 16.6. The molecule has 12 heavy (non-hydrogen) atoms. The molecule has 0 unspecified atom stereocenters. The van der Waals surface area contributed by atoms with Crippen LogP contribution in [0.1, 0.15) is 0 Å². The van der Waals surface area contributed by atoms with E-state index in [0.29, 0.717) is 0 Å². The predicted molar refractivity (Wildman–Crippen MR) is 36.0 cm³/mol. The van der Waals surface area contributed by atoms with Crippen LogP contribution in [0.5, 0.6) is 0 Å². The molecule has 0 amide bonds. The highest BCUT2D eigenvalue weighted by Crippen LogP contribution is 2.18. The fraction of sp³-hybridized carbons (Fsp3) is 1.00. The van der Waals surface area contributed by atoms with Gasteiger partial charge in [-0.05, 0) is 0 Å². The average molecular weight is 181 g/mol. The second-order valence-corrected chi connectivity index (χ2v) is 2.72. The standard InChI is InChI=1S/C6H12O6/c7-1-2-3(8)4(9)5(10)6(11)12-2/h2-11H,1H2/t2-,3+,4+,5-,6-/m1/s1/i1+1. The summed E-state index contributed by atoms with van der Waals surface area (Å²) in [4.78, 5) is 0. The highest BCUT2D eigenvalue weighted by molar-refractivity contribution is 4.87. The average Bonchev–Trinajstić information content (AvgIpc) is 2.08. The molecule has 6 heteroatoms. The largest absolute Gasteiger partial charge is 0.394 e. The van der Waals surface area contributed by atoms with Crippen molar-refractivity contribution in [2.45, 2.75) is 30.7 Å². The molecule has 5 N–H and O–H groups in total. The van der Waals surface area contributed by atoms with Gasteiger partial charge in [-0.15, -0.1) is 0 Å². The third-order valence-electron chi connectivity index (χ3n) is 1.87. The summed E-state index contributed by atoms with van der Waals surface area (Å²) >= 11 is 0. The second-order valence-electron chi connectivity index (χ2n) is 2.72. The van der Waals surface area contributed by atoms with Gasteiger partial charge in [0.25, 0.3) is 0 Å². The molecule has 0 aromatic rings. The summed E-state index contributed by atoms with van der Waals surface area (Å²) in [5.41, 5.74) is 0. The van der Waals surface area contributed by atoms with E-state index in [-0.39, 0.29) is 0 Å². The Bertz CT molecular complexity index is 146. The van der Waals surface area contributed by atoms with E-state index in [0.717, 1.165) is 0 Å². The zero-order valence-corrected chi connectivity index (χ0v) is 6.24. The number of hydrogen-bond donors (Lipinski definition) is 5. The van der Waals surface area contributed by atoms with Crippen molar-refractivity contribution in [1.29, 1.82) is 0 Å². The topological polar surface area (TPSA) is 110 Å². The van der Waals surface area contributed by atoms with Gasteiger partial charge in [0.15, 0.2) is 6.29 Å². The maximum Gasteiger partial charge on any atom is 0.184 e. The molecule has 1 heterocycles. The molecule has 0 saturated carbocycles. The van der Waals surface area contributed by atoms with Gasteiger partial charge in [-0.25, -0.2) is 0 Å². The van der Waals surface area contributed by atoms with Crippen molar-refractivity contribution in [3.63, 3.8) is 0 Å². The van der Waals surface area contributed by atoms with E-state index in [9.17, 15) is 0 Å². The minimum Gasteiger partial charge on any atom is -0.394 e. The molecule has 1 rings (SSSR count). The van der Waals surface area contributed by atoms with Gasteiger partial charge in [0.2, 0.25) is 0 Å². The van der Waals surface area contributed by atoms with Crippen molar-refractivity contribution < 1.29 is 30.3 Å². The molecule has 0 aromatic heterocycles. The van der Waals surface area contributed by atoms with Crippen LogP contribution in [0.15, 0.2) is 0 Å². The van der Waals surface area contributed by atoms with Gasteiger partial charge >= 0.3 is 0 Å². The molecule has 0 aromatic carbocycles. The summed E-state index contributed by atoms with van der Waals surface area (Å²) in [5, 5.41) is 44.7. The van der Waals surface area contributed by atoms with Gasteiger partial charge < -0.3 is 30.3 Å². The number of rotatable bonds is 1. The van der Waals surface area contributed by atoms with E-state index < -0.39 is 37.3 Å². The molecule has 1 aliphatic rings. The Morgan fingerprint density at radius 1 is 0.917 bits per heavy atom. The first kappa shape index (κ1) is 9.85. The molecule has 72 valence electrons. The van der Waals surface area contributed by atoms with Crippen molar-refractivity contribution in [2.24, 2.45) is 0 Å². The lowest BCUT2D eigenvalue weighted by molar-refractivity contribution is -0.286. The van der Waals surface area contributed by atoms with Gasteiger partial charge in [-0.3, -0.25) is 0 Å². The van der Waals surface area contributed by atoms with E-state index in [1.165, 1.54) is 0 Å². The molecular formula is C6H12O6. The van der Waals surface area contributed by atoms with Crippen molar-refractivity contribution in [3.05, 3.63) is 0 Å². The normalized spacial score (nSPS) is 49.2. The van der Waals surface area contributed by atoms with Crippen LogP contribution >= 0.6 is 0 Å². The SMILES string of the molecule is O[13CH2][C@H]1O[C@@H](O)[C@H](O)[C@@H](O)[C@H]1O. The third kappa shape index (κ3) is 1.58. The van der Waals surface area contributed by atoms with E-state index >= 15 is 0 Å². The monoisotopic (exact) mass is 181 g/mol. The summed E-state index contributed by atoms with van der Waals surface area (Å²) in [6, 6.07) is 0. The lowest BCUT2D eigenvalue weighted by Crippen LogP contribution is -2.58. The number of aliphatic hydroxyl groups excluding tert-OH is 5. The molecule has 0 aliphatic carbocycles. The summed E-state index contributed by atoms with van der Waals surface area (Å²) in [6.07, 6.45) is -7.04. The zero-order valence-electron chi connectivity index (χ0n) is 6.24. The van der Waals surface area contributed by atoms with Crippen LogP contribution in [0.4, 0.5) is 0 Å². The predicted octanol–water partition coefficient (Wildman–Crippen LogP) is -3.22. The summed E-state index contributed by atoms with van der Waals surface area (Å²) < 4.78 is 4.58. The van der Waals surface area contributed by atoms with E-state index in [4.69, 9.17) is 25.5 Å². The molecule has 1 fully saturated rings. The Morgan fingerprint density at radius 2 is 1.50 bits per heavy atom. The number of ether oxygens (including phenoxy) is 1. The fourth-order valence-electron chi connectivity index (χ4n) is 1.08. The number of hydrogen-bond acceptors (Lipinski definition) is 6. The third-order valence-corrected chi connectivity index (χ3v) is 1.87. The molecular weight excluding hydrogens is 169 g/mol. The molecule has 0 spiro atoms. The highest BCUT2D eigenvalue weighted by Gasteiger charge is 2.42. The van der Waals surface area contributed by atoms with Crippen molar-refractivity contribution in [2.75, 3.05) is 6.61 Å². The van der Waals surface area contributed by atoms with Crippen LogP contribution in [0.25, 0.3) is 0 Å². The van der Waals surface area contributed by atoms with Crippen molar-refractivity contribution >= 4 is 0 Å². The molecule has 0 bridgehead atoms. The smallest absolute Gasteiger partial charge is 0.184 e. The molecule has 1 aliphatic heterocycles. The maximum atomic E-state index is 9.12. The maximum absolute atomic E-state index is 9.12. The van der Waals surface area contributed by atoms with Crippen molar-refractivity contribution in [3.8, 4) is 0 Å². The van der Waals surface area contributed by atoms with E-state index in [1.54, 1.807) is 0 Å². The summed E-state index contributed by atoms with van der Waals surface area (Å²) in [5.74, 6) is 0. The van der Waals surface area contributed by atoms with Crippen LogP contribution in [0.2, 0.25) is 0 Å². The molecule has 6 nitrogen and oxygen atoms in total. The van der Waals surface area contributed by atoms with Gasteiger partial charge in [0.05, 0.1) is 6.61 Å². The van der Waals surface area contributed by atoms with E-state index in [1.807, 2.05) is 0 Å². The molecule has 5 atom stereocenters. The van der Waals surface area contributed by atoms with Crippen LogP contribution < -0.4 is 0 Å². The minimum atomic E-state index is -1.57. The molecule has 0 radical (unpaired) electrons. The summed E-state index contributed by atoms with van der Waals surface area (Å²) in [7, 11) is 0. The quantitative estimate of drug-likeness (QED) is 0.272.